The number of thioether (sulfide) groups is 1. The van der Waals surface area contributed by atoms with Crippen LogP contribution >= 0.6 is 11.8 Å². The van der Waals surface area contributed by atoms with Crippen molar-refractivity contribution >= 4 is 34.6 Å². The van der Waals surface area contributed by atoms with Crippen molar-refractivity contribution in [1.29, 1.82) is 0 Å². The van der Waals surface area contributed by atoms with Gasteiger partial charge in [0.05, 0.1) is 23.4 Å². The van der Waals surface area contributed by atoms with Gasteiger partial charge in [0.15, 0.2) is 0 Å². The molecule has 2 N–H and O–H groups in total. The predicted molar refractivity (Wildman–Crippen MR) is 94.3 cm³/mol. The molecular formula is C17H18F3N3O3S. The van der Waals surface area contributed by atoms with Gasteiger partial charge in [0.1, 0.15) is 0 Å². The van der Waals surface area contributed by atoms with Crippen molar-refractivity contribution in [3.8, 4) is 0 Å². The molecule has 2 unspecified atom stereocenters. The molecule has 1 saturated carbocycles. The zero-order valence-corrected chi connectivity index (χ0v) is 15.0. The number of rotatable bonds is 3. The maximum atomic E-state index is 12.8. The molecule has 27 heavy (non-hydrogen) atoms. The quantitative estimate of drug-likeness (QED) is 0.807. The highest BCUT2D eigenvalue weighted by Crippen LogP contribution is 2.31. The van der Waals surface area contributed by atoms with Crippen molar-refractivity contribution in [2.45, 2.75) is 43.9 Å². The van der Waals surface area contributed by atoms with Gasteiger partial charge < -0.3 is 10.6 Å². The number of hydrogen-bond donors (Lipinski definition) is 2. The lowest BCUT2D eigenvalue weighted by molar-refractivity contribution is -0.137. The van der Waals surface area contributed by atoms with Gasteiger partial charge in [-0.05, 0) is 31.0 Å². The molecule has 2 aliphatic rings. The lowest BCUT2D eigenvalue weighted by atomic mass is 9.89. The van der Waals surface area contributed by atoms with Gasteiger partial charge in [-0.1, -0.05) is 30.7 Å². The molecule has 2 atom stereocenters. The van der Waals surface area contributed by atoms with Crippen LogP contribution in [0.25, 0.3) is 0 Å². The average Bonchev–Trinajstić information content (AvgIpc) is 2.93. The second-order valence-electron chi connectivity index (χ2n) is 6.45. The molecule has 1 aliphatic heterocycles. The Kier molecular flexibility index (Phi) is 5.64. The first-order valence-electron chi connectivity index (χ1n) is 8.49. The number of halogens is 3. The number of hydrogen-bond acceptors (Lipinski definition) is 4. The number of carbonyl (C=O) groups excluding carboxylic acids is 3. The summed E-state index contributed by atoms with van der Waals surface area (Å²) in [5.41, 5.74) is -0.848. The molecule has 10 heteroatoms. The molecule has 4 amide bonds. The van der Waals surface area contributed by atoms with Crippen molar-refractivity contribution in [2.24, 2.45) is 0 Å². The Bertz CT molecular complexity index is 740. The smallest absolute Gasteiger partial charge is 0.333 e. The van der Waals surface area contributed by atoms with E-state index in [1.165, 1.54) is 17.0 Å². The van der Waals surface area contributed by atoms with Crippen LogP contribution < -0.4 is 10.6 Å². The Morgan fingerprint density at radius 2 is 1.93 bits per heavy atom. The summed E-state index contributed by atoms with van der Waals surface area (Å²) >= 11 is 0.937. The number of carbonyl (C=O) groups is 3. The minimum atomic E-state index is -4.50. The van der Waals surface area contributed by atoms with E-state index in [0.29, 0.717) is 12.8 Å². The number of nitrogens with zero attached hydrogens (tertiary/aromatic N) is 1. The van der Waals surface area contributed by atoms with E-state index in [2.05, 4.69) is 10.6 Å². The first-order valence-corrected chi connectivity index (χ1v) is 9.48. The van der Waals surface area contributed by atoms with Crippen molar-refractivity contribution in [1.82, 2.24) is 10.2 Å². The van der Waals surface area contributed by atoms with E-state index in [4.69, 9.17) is 0 Å². The molecule has 1 saturated heterocycles. The molecule has 0 aromatic heterocycles. The molecule has 2 fully saturated rings. The predicted octanol–water partition coefficient (Wildman–Crippen LogP) is 3.83. The monoisotopic (exact) mass is 401 g/mol. The van der Waals surface area contributed by atoms with Crippen molar-refractivity contribution in [3.05, 3.63) is 29.8 Å². The lowest BCUT2D eigenvalue weighted by Crippen LogP contribution is -2.55. The zero-order chi connectivity index (χ0) is 19.6. The van der Waals surface area contributed by atoms with Crippen LogP contribution in [0.3, 0.4) is 0 Å². The number of imide groups is 1. The average molecular weight is 401 g/mol. The molecule has 0 bridgehead atoms. The Morgan fingerprint density at radius 3 is 2.59 bits per heavy atom. The van der Waals surface area contributed by atoms with Crippen LogP contribution in [0.15, 0.2) is 24.3 Å². The van der Waals surface area contributed by atoms with Crippen LogP contribution in [0.5, 0.6) is 0 Å². The van der Waals surface area contributed by atoms with E-state index < -0.39 is 29.9 Å². The van der Waals surface area contributed by atoms with Crippen molar-refractivity contribution in [2.75, 3.05) is 11.1 Å². The fraction of sp³-hybridized carbons (Fsp3) is 0.471. The van der Waals surface area contributed by atoms with E-state index >= 15 is 0 Å². The van der Waals surface area contributed by atoms with Crippen LogP contribution in [0.4, 0.5) is 28.4 Å². The van der Waals surface area contributed by atoms with Crippen LogP contribution in [0.2, 0.25) is 0 Å². The first-order chi connectivity index (χ1) is 12.8. The number of urea groups is 1. The first kappa shape index (κ1) is 19.5. The molecule has 146 valence electrons. The Morgan fingerprint density at radius 1 is 1.19 bits per heavy atom. The highest BCUT2D eigenvalue weighted by atomic mass is 32.2. The van der Waals surface area contributed by atoms with Crippen LogP contribution in [-0.2, 0) is 11.0 Å². The van der Waals surface area contributed by atoms with Crippen molar-refractivity contribution in [3.63, 3.8) is 0 Å². The fourth-order valence-electron chi connectivity index (χ4n) is 3.38. The molecule has 1 aliphatic carbocycles. The third-order valence-corrected chi connectivity index (χ3v) is 5.44. The Labute approximate surface area is 157 Å². The number of nitrogens with one attached hydrogen (secondary N) is 2. The summed E-state index contributed by atoms with van der Waals surface area (Å²) in [5, 5.41) is 4.78. The zero-order valence-electron chi connectivity index (χ0n) is 14.2. The summed E-state index contributed by atoms with van der Waals surface area (Å²) in [6, 6.07) is 2.80. The fourth-order valence-corrected chi connectivity index (χ4v) is 4.14. The summed E-state index contributed by atoms with van der Waals surface area (Å²) in [5.74, 6) is -0.180. The van der Waals surface area contributed by atoms with Gasteiger partial charge in [-0.25, -0.2) is 4.79 Å². The van der Waals surface area contributed by atoms with Crippen molar-refractivity contribution < 1.29 is 27.6 Å². The highest BCUT2D eigenvalue weighted by molar-refractivity contribution is 8.14. The highest BCUT2D eigenvalue weighted by Gasteiger charge is 2.41. The van der Waals surface area contributed by atoms with Crippen LogP contribution in [0.1, 0.15) is 31.2 Å². The number of anilines is 1. The second-order valence-corrected chi connectivity index (χ2v) is 7.38. The van der Waals surface area contributed by atoms with Gasteiger partial charge in [0.25, 0.3) is 5.24 Å². The maximum absolute atomic E-state index is 12.8. The minimum Gasteiger partial charge on any atom is -0.333 e. The molecule has 3 rings (SSSR count). The van der Waals surface area contributed by atoms with Gasteiger partial charge in [-0.2, -0.15) is 13.2 Å². The number of benzene rings is 1. The Hall–Kier alpha value is -2.23. The summed E-state index contributed by atoms with van der Waals surface area (Å²) < 4.78 is 38.3. The number of amides is 4. The molecule has 0 radical (unpaired) electrons. The van der Waals surface area contributed by atoms with Gasteiger partial charge >= 0.3 is 12.2 Å². The van der Waals surface area contributed by atoms with E-state index in [9.17, 15) is 27.6 Å². The van der Waals surface area contributed by atoms with Gasteiger partial charge in [0.2, 0.25) is 5.91 Å². The minimum absolute atomic E-state index is 0.0126. The van der Waals surface area contributed by atoms with Gasteiger partial charge in [-0.3, -0.25) is 14.5 Å². The third kappa shape index (κ3) is 4.55. The largest absolute Gasteiger partial charge is 0.416 e. The normalized spacial score (nSPS) is 23.4. The molecule has 1 aromatic rings. The summed E-state index contributed by atoms with van der Waals surface area (Å²) in [6.07, 6.45) is -1.67. The number of alkyl halides is 3. The molecule has 1 aromatic carbocycles. The molecular weight excluding hydrogens is 383 g/mol. The van der Waals surface area contributed by atoms with Crippen LogP contribution in [-0.4, -0.2) is 39.9 Å². The topological polar surface area (TPSA) is 78.5 Å². The van der Waals surface area contributed by atoms with E-state index in [1.54, 1.807) is 0 Å². The maximum Gasteiger partial charge on any atom is 0.416 e. The van der Waals surface area contributed by atoms with Crippen LogP contribution in [0, 0.1) is 0 Å². The summed E-state index contributed by atoms with van der Waals surface area (Å²) in [4.78, 5) is 37.4. The molecule has 1 heterocycles. The van der Waals surface area contributed by atoms with E-state index in [-0.39, 0.29) is 22.6 Å². The standard InChI is InChI=1S/C17H18F3N3O3S/c18-17(19,20)10-4-3-5-11(8-10)21-15(25)22-12-6-1-2-7-13(12)23-14(24)9-27-16(23)26/h3-5,8,12-13H,1-2,6-7,9H2,(H2,21,22,25). The second kappa shape index (κ2) is 7.79. The molecule has 0 spiro atoms. The Balaban J connectivity index is 1.67. The SMILES string of the molecule is O=C(Nc1cccc(C(F)(F)F)c1)NC1CCCCC1N1C(=O)CSC1=O. The molecule has 6 nitrogen and oxygen atoms in total. The third-order valence-electron chi connectivity index (χ3n) is 4.61. The van der Waals surface area contributed by atoms with Gasteiger partial charge in [-0.15, -0.1) is 0 Å². The van der Waals surface area contributed by atoms with E-state index in [0.717, 1.165) is 36.7 Å². The summed E-state index contributed by atoms with van der Waals surface area (Å²) in [7, 11) is 0. The van der Waals surface area contributed by atoms with E-state index in [1.807, 2.05) is 0 Å². The lowest BCUT2D eigenvalue weighted by Gasteiger charge is -2.36. The van der Waals surface area contributed by atoms with Gasteiger partial charge in [0, 0.05) is 5.69 Å². The summed E-state index contributed by atoms with van der Waals surface area (Å²) in [6.45, 7) is 0.